The number of benzene rings is 1. The first-order valence-corrected chi connectivity index (χ1v) is 6.27. The monoisotopic (exact) mass is 308 g/mol. The van der Waals surface area contributed by atoms with E-state index in [0.717, 1.165) is 0 Å². The summed E-state index contributed by atoms with van der Waals surface area (Å²) in [5.41, 5.74) is 0.654. The van der Waals surface area contributed by atoms with Crippen molar-refractivity contribution in [3.05, 3.63) is 57.7 Å². The van der Waals surface area contributed by atoms with Crippen LogP contribution in [-0.2, 0) is 0 Å². The fourth-order valence-electron chi connectivity index (χ4n) is 1.42. The second kappa shape index (κ2) is 6.27. The van der Waals surface area contributed by atoms with Crippen molar-refractivity contribution in [2.75, 3.05) is 10.6 Å². The van der Waals surface area contributed by atoms with Crippen LogP contribution in [0, 0.1) is 10.1 Å². The lowest BCUT2D eigenvalue weighted by Gasteiger charge is -2.09. The molecule has 20 heavy (non-hydrogen) atoms. The van der Waals surface area contributed by atoms with Gasteiger partial charge in [0.2, 0.25) is 0 Å². The van der Waals surface area contributed by atoms with E-state index in [0.29, 0.717) is 21.6 Å². The molecular formula is C12H9ClN4O2S. The maximum atomic E-state index is 10.5. The Labute approximate surface area is 124 Å². The summed E-state index contributed by atoms with van der Waals surface area (Å²) >= 11 is 10.9. The molecule has 0 bridgehead atoms. The molecule has 0 aliphatic carbocycles. The lowest BCUT2D eigenvalue weighted by atomic mass is 10.3. The van der Waals surface area contributed by atoms with Gasteiger partial charge in [0.05, 0.1) is 4.92 Å². The van der Waals surface area contributed by atoms with Crippen molar-refractivity contribution in [2.24, 2.45) is 0 Å². The Bertz CT molecular complexity index is 648. The molecule has 2 rings (SSSR count). The van der Waals surface area contributed by atoms with Crippen LogP contribution in [0.4, 0.5) is 17.2 Å². The van der Waals surface area contributed by atoms with Crippen LogP contribution in [0.2, 0.25) is 5.02 Å². The third kappa shape index (κ3) is 3.87. The van der Waals surface area contributed by atoms with Gasteiger partial charge in [-0.3, -0.25) is 10.1 Å². The highest BCUT2D eigenvalue weighted by atomic mass is 35.5. The molecule has 8 heteroatoms. The molecule has 0 radical (unpaired) electrons. The molecule has 1 heterocycles. The van der Waals surface area contributed by atoms with E-state index in [1.165, 1.54) is 12.1 Å². The number of anilines is 2. The predicted molar refractivity (Wildman–Crippen MR) is 82.2 cm³/mol. The average molecular weight is 309 g/mol. The fraction of sp³-hybridized carbons (Fsp3) is 0. The second-order valence-electron chi connectivity index (χ2n) is 3.74. The van der Waals surface area contributed by atoms with E-state index in [4.69, 9.17) is 23.8 Å². The van der Waals surface area contributed by atoms with Crippen molar-refractivity contribution in [1.82, 2.24) is 4.98 Å². The quantitative estimate of drug-likeness (QED) is 0.513. The zero-order valence-electron chi connectivity index (χ0n) is 10.0. The topological polar surface area (TPSA) is 80.1 Å². The van der Waals surface area contributed by atoms with Crippen molar-refractivity contribution < 1.29 is 4.92 Å². The number of rotatable bonds is 3. The third-order valence-electron chi connectivity index (χ3n) is 2.30. The van der Waals surface area contributed by atoms with Gasteiger partial charge < -0.3 is 10.6 Å². The summed E-state index contributed by atoms with van der Waals surface area (Å²) in [5, 5.41) is 17.1. The Hall–Kier alpha value is -2.25. The van der Waals surface area contributed by atoms with Gasteiger partial charge in [-0.05, 0) is 36.5 Å². The minimum absolute atomic E-state index is 0.0194. The molecule has 0 amide bonds. The Morgan fingerprint density at radius 1 is 1.25 bits per heavy atom. The first kappa shape index (κ1) is 14.2. The normalized spacial score (nSPS) is 9.85. The number of nitrogens with zero attached hydrogens (tertiary/aromatic N) is 2. The summed E-state index contributed by atoms with van der Waals surface area (Å²) in [7, 11) is 0. The summed E-state index contributed by atoms with van der Waals surface area (Å²) < 4.78 is 0. The standard InChI is InChI=1S/C12H9ClN4O2S/c13-8-5-6-14-11(7-8)16-12(20)15-9-1-3-10(4-2-9)17(18)19/h1-7H,(H2,14,15,16,20). The molecule has 0 unspecified atom stereocenters. The van der Waals surface area contributed by atoms with Gasteiger partial charge in [0.15, 0.2) is 5.11 Å². The molecule has 2 N–H and O–H groups in total. The zero-order chi connectivity index (χ0) is 14.5. The number of hydrogen-bond donors (Lipinski definition) is 2. The van der Waals surface area contributed by atoms with E-state index >= 15 is 0 Å². The number of hydrogen-bond acceptors (Lipinski definition) is 4. The first-order valence-electron chi connectivity index (χ1n) is 5.48. The minimum Gasteiger partial charge on any atom is -0.332 e. The van der Waals surface area contributed by atoms with Crippen LogP contribution < -0.4 is 10.6 Å². The summed E-state index contributed by atoms with van der Waals surface area (Å²) in [6.45, 7) is 0. The van der Waals surface area contributed by atoms with Crippen LogP contribution >= 0.6 is 23.8 Å². The molecule has 1 aromatic carbocycles. The van der Waals surface area contributed by atoms with E-state index < -0.39 is 4.92 Å². The molecule has 102 valence electrons. The molecule has 0 saturated heterocycles. The fourth-order valence-corrected chi connectivity index (χ4v) is 1.80. The molecular weight excluding hydrogens is 300 g/mol. The Kier molecular flexibility index (Phi) is 4.44. The Morgan fingerprint density at radius 2 is 1.95 bits per heavy atom. The summed E-state index contributed by atoms with van der Waals surface area (Å²) in [4.78, 5) is 14.1. The summed E-state index contributed by atoms with van der Waals surface area (Å²) in [6, 6.07) is 9.20. The molecule has 0 aliphatic rings. The summed E-state index contributed by atoms with van der Waals surface area (Å²) in [6.07, 6.45) is 1.55. The average Bonchev–Trinajstić information content (AvgIpc) is 2.39. The molecule has 0 atom stereocenters. The highest BCUT2D eigenvalue weighted by Gasteiger charge is 2.05. The highest BCUT2D eigenvalue weighted by molar-refractivity contribution is 7.80. The van der Waals surface area contributed by atoms with Crippen LogP contribution in [-0.4, -0.2) is 15.0 Å². The molecule has 6 nitrogen and oxygen atoms in total. The van der Waals surface area contributed by atoms with Crippen molar-refractivity contribution in [3.8, 4) is 0 Å². The van der Waals surface area contributed by atoms with Crippen LogP contribution in [0.15, 0.2) is 42.6 Å². The number of thiocarbonyl (C=S) groups is 1. The highest BCUT2D eigenvalue weighted by Crippen LogP contribution is 2.16. The molecule has 1 aromatic heterocycles. The van der Waals surface area contributed by atoms with E-state index in [1.807, 2.05) is 0 Å². The Morgan fingerprint density at radius 3 is 2.55 bits per heavy atom. The van der Waals surface area contributed by atoms with E-state index in [-0.39, 0.29) is 5.69 Å². The van der Waals surface area contributed by atoms with Crippen LogP contribution in [0.25, 0.3) is 0 Å². The van der Waals surface area contributed by atoms with Gasteiger partial charge in [-0.1, -0.05) is 11.6 Å². The van der Waals surface area contributed by atoms with E-state index in [2.05, 4.69) is 15.6 Å². The van der Waals surface area contributed by atoms with Crippen molar-refractivity contribution in [1.29, 1.82) is 0 Å². The number of nitrogens with one attached hydrogen (secondary N) is 2. The van der Waals surface area contributed by atoms with E-state index in [9.17, 15) is 10.1 Å². The Balaban J connectivity index is 1.99. The van der Waals surface area contributed by atoms with Gasteiger partial charge in [-0.25, -0.2) is 4.98 Å². The number of nitro groups is 1. The minimum atomic E-state index is -0.462. The number of non-ortho nitro benzene ring substituents is 1. The predicted octanol–water partition coefficient (Wildman–Crippen LogP) is 3.45. The van der Waals surface area contributed by atoms with Crippen LogP contribution in [0.5, 0.6) is 0 Å². The number of nitro benzene ring substituents is 1. The van der Waals surface area contributed by atoms with E-state index in [1.54, 1.807) is 30.5 Å². The zero-order valence-corrected chi connectivity index (χ0v) is 11.6. The smallest absolute Gasteiger partial charge is 0.269 e. The van der Waals surface area contributed by atoms with Gasteiger partial charge in [-0.2, -0.15) is 0 Å². The van der Waals surface area contributed by atoms with Gasteiger partial charge in [0.1, 0.15) is 5.82 Å². The van der Waals surface area contributed by atoms with Crippen molar-refractivity contribution in [2.45, 2.75) is 0 Å². The lowest BCUT2D eigenvalue weighted by molar-refractivity contribution is -0.384. The van der Waals surface area contributed by atoms with Crippen LogP contribution in [0.1, 0.15) is 0 Å². The van der Waals surface area contributed by atoms with Crippen molar-refractivity contribution >= 4 is 46.1 Å². The third-order valence-corrected chi connectivity index (χ3v) is 2.74. The van der Waals surface area contributed by atoms with Crippen LogP contribution in [0.3, 0.4) is 0 Å². The maximum Gasteiger partial charge on any atom is 0.269 e. The second-order valence-corrected chi connectivity index (χ2v) is 4.59. The molecule has 0 saturated carbocycles. The lowest BCUT2D eigenvalue weighted by Crippen LogP contribution is -2.19. The molecule has 2 aromatic rings. The molecule has 0 spiro atoms. The SMILES string of the molecule is O=[N+]([O-])c1ccc(NC(=S)Nc2cc(Cl)ccn2)cc1. The number of aromatic nitrogens is 1. The number of pyridine rings is 1. The molecule has 0 aliphatic heterocycles. The van der Waals surface area contributed by atoms with Gasteiger partial charge in [0.25, 0.3) is 5.69 Å². The molecule has 0 fully saturated rings. The first-order chi connectivity index (χ1) is 9.54. The largest absolute Gasteiger partial charge is 0.332 e. The number of halogens is 1. The maximum absolute atomic E-state index is 10.5. The van der Waals surface area contributed by atoms with Gasteiger partial charge in [0, 0.05) is 29.0 Å². The van der Waals surface area contributed by atoms with Gasteiger partial charge in [-0.15, -0.1) is 0 Å². The summed E-state index contributed by atoms with van der Waals surface area (Å²) in [5.74, 6) is 0.511. The van der Waals surface area contributed by atoms with Crippen molar-refractivity contribution in [3.63, 3.8) is 0 Å². The van der Waals surface area contributed by atoms with Gasteiger partial charge >= 0.3 is 0 Å².